The van der Waals surface area contributed by atoms with Gasteiger partial charge in [-0.05, 0) is 31.2 Å². The molecule has 1 heterocycles. The number of benzene rings is 2. The Labute approximate surface area is 173 Å². The maximum Gasteiger partial charge on any atom is 0.327 e. The summed E-state index contributed by atoms with van der Waals surface area (Å²) in [6, 6.07) is 17.0. The van der Waals surface area contributed by atoms with E-state index in [0.717, 1.165) is 29.7 Å². The molecule has 29 heavy (non-hydrogen) atoms. The predicted octanol–water partition coefficient (Wildman–Crippen LogP) is 3.46. The number of aromatic nitrogens is 2. The van der Waals surface area contributed by atoms with Crippen molar-refractivity contribution in [1.29, 1.82) is 0 Å². The summed E-state index contributed by atoms with van der Waals surface area (Å²) in [5, 5.41) is 2.94. The summed E-state index contributed by atoms with van der Waals surface area (Å²) in [6.45, 7) is 0.0104. The molecule has 6 nitrogen and oxygen atoms in total. The minimum atomic E-state index is -0.955. The monoisotopic (exact) mass is 409 g/mol. The molecule has 1 aliphatic rings. The third-order valence-corrected chi connectivity index (χ3v) is 5.35. The molecule has 1 aromatic heterocycles. The lowest BCUT2D eigenvalue weighted by Gasteiger charge is -2.18. The number of hydrogen-bond donors (Lipinski definition) is 1. The van der Waals surface area contributed by atoms with Gasteiger partial charge in [0.25, 0.3) is 5.91 Å². The first-order valence-corrected chi connectivity index (χ1v) is 11.0. The van der Waals surface area contributed by atoms with Crippen molar-refractivity contribution in [3.8, 4) is 0 Å². The maximum atomic E-state index is 12.8. The van der Waals surface area contributed by atoms with Gasteiger partial charge in [-0.15, -0.1) is 0 Å². The Balaban J connectivity index is 1.56. The number of nitrogens with one attached hydrogen (secondary N) is 1. The molecule has 3 aromatic rings. The second kappa shape index (κ2) is 8.69. The molecule has 0 bridgehead atoms. The molecule has 1 atom stereocenters. The van der Waals surface area contributed by atoms with Gasteiger partial charge in [0.2, 0.25) is 6.10 Å². The van der Waals surface area contributed by atoms with Crippen LogP contribution in [0.15, 0.2) is 54.6 Å². The van der Waals surface area contributed by atoms with E-state index in [1.165, 1.54) is 0 Å². The summed E-state index contributed by atoms with van der Waals surface area (Å²) in [5.74, 6) is 0.767. The maximum absolute atomic E-state index is 12.8. The molecule has 1 N–H and O–H groups in total. The van der Waals surface area contributed by atoms with Crippen molar-refractivity contribution < 1.29 is 14.3 Å². The van der Waals surface area contributed by atoms with Crippen LogP contribution in [0.3, 0.4) is 0 Å². The molecule has 1 saturated carbocycles. The van der Waals surface area contributed by atoms with E-state index < -0.39 is 12.1 Å². The molecule has 0 radical (unpaired) electrons. The lowest BCUT2D eigenvalue weighted by Crippen LogP contribution is -2.34. The first-order chi connectivity index (χ1) is 14.2. The van der Waals surface area contributed by atoms with Gasteiger partial charge in [0.1, 0.15) is 12.4 Å². The molecule has 0 saturated heterocycles. The molecule has 2 aromatic carbocycles. The fourth-order valence-corrected chi connectivity index (χ4v) is 3.72. The van der Waals surface area contributed by atoms with Gasteiger partial charge in [-0.1, -0.05) is 42.5 Å². The zero-order valence-electron chi connectivity index (χ0n) is 16.2. The van der Waals surface area contributed by atoms with E-state index in [1.807, 2.05) is 53.3 Å². The number of para-hydroxylation sites is 2. The van der Waals surface area contributed by atoms with Crippen LogP contribution in [0.4, 0.5) is 0 Å². The van der Waals surface area contributed by atoms with Crippen LogP contribution in [0.25, 0.3) is 11.0 Å². The average Bonchev–Trinajstić information content (AvgIpc) is 3.48. The molecule has 4 rings (SSSR count). The second-order valence-corrected chi connectivity index (χ2v) is 7.97. The Kier molecular flexibility index (Phi) is 5.85. The summed E-state index contributed by atoms with van der Waals surface area (Å²) in [6.07, 6.45) is 2.99. The molecule has 150 valence electrons. The average molecular weight is 410 g/mol. The van der Waals surface area contributed by atoms with Gasteiger partial charge < -0.3 is 14.6 Å². The number of fused-ring (bicyclic) bond motifs is 1. The predicted molar refractivity (Wildman–Crippen MR) is 113 cm³/mol. The third-order valence-electron chi connectivity index (χ3n) is 4.81. The first kappa shape index (κ1) is 19.5. The summed E-state index contributed by atoms with van der Waals surface area (Å²) >= 11 is 1.64. The van der Waals surface area contributed by atoms with Crippen LogP contribution in [-0.2, 0) is 26.6 Å². The number of amides is 1. The van der Waals surface area contributed by atoms with Crippen LogP contribution < -0.4 is 5.32 Å². The number of hydrogen-bond acceptors (Lipinski definition) is 5. The smallest absolute Gasteiger partial charge is 0.327 e. The standard InChI is InChI=1S/C22H23N3O3S/c1-29-14-19-24-17-9-5-6-10-18(17)25(19)13-20(26)28-21(15-7-3-2-4-8-15)22(27)23-16-11-12-16/h2-10,16,21H,11-14H2,1H3,(H,23,27)/t21-/m0/s1. The van der Waals surface area contributed by atoms with E-state index in [2.05, 4.69) is 10.3 Å². The minimum absolute atomic E-state index is 0.0104. The van der Waals surface area contributed by atoms with E-state index in [-0.39, 0.29) is 18.5 Å². The molecule has 1 aliphatic carbocycles. The van der Waals surface area contributed by atoms with Crippen molar-refractivity contribution in [1.82, 2.24) is 14.9 Å². The van der Waals surface area contributed by atoms with E-state index >= 15 is 0 Å². The van der Waals surface area contributed by atoms with Crippen molar-refractivity contribution in [2.24, 2.45) is 0 Å². The number of carbonyl (C=O) groups excluding carboxylic acids is 2. The highest BCUT2D eigenvalue weighted by molar-refractivity contribution is 7.97. The van der Waals surface area contributed by atoms with Gasteiger partial charge in [-0.25, -0.2) is 4.98 Å². The van der Waals surface area contributed by atoms with Crippen LogP contribution in [0.5, 0.6) is 0 Å². The lowest BCUT2D eigenvalue weighted by molar-refractivity contribution is -0.157. The number of rotatable bonds is 8. The lowest BCUT2D eigenvalue weighted by atomic mass is 10.1. The number of imidazole rings is 1. The van der Waals surface area contributed by atoms with Gasteiger partial charge in [-0.3, -0.25) is 9.59 Å². The largest absolute Gasteiger partial charge is 0.446 e. The van der Waals surface area contributed by atoms with Crippen molar-refractivity contribution in [2.45, 2.75) is 37.3 Å². The summed E-state index contributed by atoms with van der Waals surface area (Å²) < 4.78 is 7.55. The Morgan fingerprint density at radius 1 is 1.17 bits per heavy atom. The zero-order chi connectivity index (χ0) is 20.2. The number of carbonyl (C=O) groups is 2. The van der Waals surface area contributed by atoms with Crippen molar-refractivity contribution in [2.75, 3.05) is 6.26 Å². The van der Waals surface area contributed by atoms with Gasteiger partial charge in [0.05, 0.1) is 16.8 Å². The number of esters is 1. The Hall–Kier alpha value is -2.80. The number of thioether (sulfide) groups is 1. The SMILES string of the molecule is CSCc1nc2ccccc2n1CC(=O)O[C@H](C(=O)NC1CC1)c1ccccc1. The van der Waals surface area contributed by atoms with Gasteiger partial charge in [0, 0.05) is 11.6 Å². The van der Waals surface area contributed by atoms with Crippen molar-refractivity contribution >= 4 is 34.7 Å². The molecule has 0 spiro atoms. The Morgan fingerprint density at radius 3 is 2.62 bits per heavy atom. The van der Waals surface area contributed by atoms with Gasteiger partial charge in [0.15, 0.2) is 0 Å². The zero-order valence-corrected chi connectivity index (χ0v) is 17.0. The van der Waals surface area contributed by atoms with Crippen LogP contribution in [0.1, 0.15) is 30.3 Å². The fourth-order valence-electron chi connectivity index (χ4n) is 3.24. The third kappa shape index (κ3) is 4.62. The molecular weight excluding hydrogens is 386 g/mol. The second-order valence-electron chi connectivity index (χ2n) is 7.10. The molecular formula is C22H23N3O3S. The van der Waals surface area contributed by atoms with E-state index in [4.69, 9.17) is 4.74 Å². The molecule has 1 fully saturated rings. The normalized spacial score (nSPS) is 14.5. The molecule has 0 aliphatic heterocycles. The molecule has 0 unspecified atom stereocenters. The summed E-state index contributed by atoms with van der Waals surface area (Å²) in [4.78, 5) is 30.2. The highest BCUT2D eigenvalue weighted by atomic mass is 32.2. The fraction of sp³-hybridized carbons (Fsp3) is 0.318. The molecule has 1 amide bonds. The van der Waals surface area contributed by atoms with E-state index in [0.29, 0.717) is 11.3 Å². The minimum Gasteiger partial charge on any atom is -0.446 e. The van der Waals surface area contributed by atoms with E-state index in [9.17, 15) is 9.59 Å². The topological polar surface area (TPSA) is 73.2 Å². The van der Waals surface area contributed by atoms with Crippen molar-refractivity contribution in [3.05, 3.63) is 66.0 Å². The van der Waals surface area contributed by atoms with Crippen LogP contribution in [-0.4, -0.2) is 33.7 Å². The highest BCUT2D eigenvalue weighted by Crippen LogP contribution is 2.24. The van der Waals surface area contributed by atoms with Crippen LogP contribution >= 0.6 is 11.8 Å². The van der Waals surface area contributed by atoms with Gasteiger partial charge >= 0.3 is 5.97 Å². The number of nitrogens with zero attached hydrogens (tertiary/aromatic N) is 2. The Bertz CT molecular complexity index is 1010. The van der Waals surface area contributed by atoms with Crippen LogP contribution in [0, 0.1) is 0 Å². The quantitative estimate of drug-likeness (QED) is 0.577. The van der Waals surface area contributed by atoms with Gasteiger partial charge in [-0.2, -0.15) is 11.8 Å². The highest BCUT2D eigenvalue weighted by Gasteiger charge is 2.31. The molecule has 7 heteroatoms. The Morgan fingerprint density at radius 2 is 1.90 bits per heavy atom. The number of ether oxygens (including phenoxy) is 1. The van der Waals surface area contributed by atoms with E-state index in [1.54, 1.807) is 23.9 Å². The first-order valence-electron chi connectivity index (χ1n) is 9.63. The van der Waals surface area contributed by atoms with Crippen molar-refractivity contribution in [3.63, 3.8) is 0 Å². The summed E-state index contributed by atoms with van der Waals surface area (Å²) in [5.41, 5.74) is 2.39. The summed E-state index contributed by atoms with van der Waals surface area (Å²) in [7, 11) is 0. The van der Waals surface area contributed by atoms with Crippen LogP contribution in [0.2, 0.25) is 0 Å².